The van der Waals surface area contributed by atoms with Gasteiger partial charge in [-0.25, -0.2) is 14.8 Å². The Morgan fingerprint density at radius 1 is 1.00 bits per heavy atom. The molecule has 1 N–H and O–H groups in total. The molecule has 1 aliphatic heterocycles. The normalized spacial score (nSPS) is 21.5. The predicted octanol–water partition coefficient (Wildman–Crippen LogP) is 5.05. The van der Waals surface area contributed by atoms with Gasteiger partial charge in [-0.1, -0.05) is 13.0 Å². The molecule has 180 valence electrons. The van der Waals surface area contributed by atoms with Crippen LogP contribution in [0.5, 0.6) is 0 Å². The van der Waals surface area contributed by atoms with E-state index in [4.69, 9.17) is 9.72 Å². The molecule has 3 heterocycles. The van der Waals surface area contributed by atoms with E-state index in [2.05, 4.69) is 43.2 Å². The maximum Gasteiger partial charge on any atom is 0.333 e. The largest absolute Gasteiger partial charge is 0.381 e. The van der Waals surface area contributed by atoms with Crippen molar-refractivity contribution in [2.24, 2.45) is 5.92 Å². The van der Waals surface area contributed by atoms with Crippen LogP contribution in [-0.2, 0) is 4.74 Å². The van der Waals surface area contributed by atoms with Crippen LogP contribution in [0.2, 0.25) is 0 Å². The van der Waals surface area contributed by atoms with Crippen molar-refractivity contribution >= 4 is 5.95 Å². The van der Waals surface area contributed by atoms with Crippen molar-refractivity contribution in [1.82, 2.24) is 19.1 Å². The second kappa shape index (κ2) is 9.74. The summed E-state index contributed by atoms with van der Waals surface area (Å²) in [5.74, 6) is 1.43. The van der Waals surface area contributed by atoms with Gasteiger partial charge in [-0.2, -0.15) is 0 Å². The van der Waals surface area contributed by atoms with Gasteiger partial charge in [0.2, 0.25) is 5.95 Å². The summed E-state index contributed by atoms with van der Waals surface area (Å²) in [4.78, 5) is 23.1. The van der Waals surface area contributed by atoms with E-state index in [0.717, 1.165) is 54.2 Å². The van der Waals surface area contributed by atoms with Gasteiger partial charge >= 0.3 is 5.69 Å². The lowest BCUT2D eigenvalue weighted by Crippen LogP contribution is -2.30. The van der Waals surface area contributed by atoms with Crippen LogP contribution in [-0.4, -0.2) is 38.4 Å². The van der Waals surface area contributed by atoms with Gasteiger partial charge in [-0.15, -0.1) is 0 Å². The van der Waals surface area contributed by atoms with Crippen LogP contribution in [0.1, 0.15) is 62.6 Å². The Hall–Kier alpha value is -2.93. The van der Waals surface area contributed by atoms with Crippen LogP contribution in [0.3, 0.4) is 0 Å². The molecular formula is C27H35N5O2. The second-order valence-electron chi connectivity index (χ2n) is 10.0. The molecule has 2 fully saturated rings. The molecule has 2 aliphatic rings. The molecule has 1 aliphatic carbocycles. The Morgan fingerprint density at radius 3 is 2.50 bits per heavy atom. The third-order valence-corrected chi connectivity index (χ3v) is 7.51. The molecule has 7 nitrogen and oxygen atoms in total. The molecule has 1 saturated carbocycles. The van der Waals surface area contributed by atoms with E-state index in [0.29, 0.717) is 25.2 Å². The van der Waals surface area contributed by atoms with Crippen molar-refractivity contribution in [2.45, 2.75) is 71.4 Å². The molecule has 0 unspecified atom stereocenters. The minimum Gasteiger partial charge on any atom is -0.381 e. The van der Waals surface area contributed by atoms with Crippen LogP contribution in [0.15, 0.2) is 41.5 Å². The number of rotatable bonds is 5. The molecule has 1 aromatic carbocycles. The third kappa shape index (κ3) is 4.67. The third-order valence-electron chi connectivity index (χ3n) is 7.51. The van der Waals surface area contributed by atoms with E-state index in [1.165, 1.54) is 18.4 Å². The molecule has 5 rings (SSSR count). The predicted molar refractivity (Wildman–Crippen MR) is 135 cm³/mol. The fraction of sp³-hybridized carbons (Fsp3) is 0.519. The van der Waals surface area contributed by atoms with Gasteiger partial charge in [0.25, 0.3) is 0 Å². The Bertz CT molecular complexity index is 1200. The van der Waals surface area contributed by atoms with Crippen molar-refractivity contribution in [3.05, 3.63) is 58.3 Å². The molecule has 0 spiro atoms. The number of ether oxygens (including phenoxy) is 1. The topological polar surface area (TPSA) is 74.0 Å². The Labute approximate surface area is 201 Å². The smallest absolute Gasteiger partial charge is 0.333 e. The van der Waals surface area contributed by atoms with Crippen molar-refractivity contribution in [3.63, 3.8) is 0 Å². The summed E-state index contributed by atoms with van der Waals surface area (Å²) in [7, 11) is 0. The summed E-state index contributed by atoms with van der Waals surface area (Å²) in [5, 5.41) is 3.54. The molecule has 3 aromatic rings. The highest BCUT2D eigenvalue weighted by atomic mass is 16.5. The lowest BCUT2D eigenvalue weighted by molar-refractivity contribution is 0.0686. The van der Waals surface area contributed by atoms with E-state index < -0.39 is 0 Å². The lowest BCUT2D eigenvalue weighted by atomic mass is 9.87. The van der Waals surface area contributed by atoms with Crippen LogP contribution in [0.25, 0.3) is 17.1 Å². The van der Waals surface area contributed by atoms with Crippen molar-refractivity contribution in [1.29, 1.82) is 0 Å². The number of anilines is 1. The Balaban J connectivity index is 1.55. The summed E-state index contributed by atoms with van der Waals surface area (Å²) in [6.07, 6.45) is 10.2. The fourth-order valence-corrected chi connectivity index (χ4v) is 5.14. The van der Waals surface area contributed by atoms with Crippen LogP contribution in [0, 0.1) is 19.8 Å². The van der Waals surface area contributed by atoms with Gasteiger partial charge in [0.05, 0.1) is 17.1 Å². The fourth-order valence-electron chi connectivity index (χ4n) is 5.14. The van der Waals surface area contributed by atoms with Gasteiger partial charge in [0.15, 0.2) is 0 Å². The number of nitrogens with zero attached hydrogens (tertiary/aromatic N) is 4. The highest BCUT2D eigenvalue weighted by Gasteiger charge is 2.24. The summed E-state index contributed by atoms with van der Waals surface area (Å²) < 4.78 is 9.22. The van der Waals surface area contributed by atoms with Crippen LogP contribution >= 0.6 is 0 Å². The average Bonchev–Trinajstić information content (AvgIpc) is 3.20. The first-order valence-electron chi connectivity index (χ1n) is 12.6. The second-order valence-corrected chi connectivity index (χ2v) is 10.0. The lowest BCUT2D eigenvalue weighted by Gasteiger charge is -2.26. The molecule has 0 radical (unpaired) electrons. The molecule has 0 bridgehead atoms. The number of nitrogens with one attached hydrogen (secondary N) is 1. The first-order chi connectivity index (χ1) is 16.5. The molecular weight excluding hydrogens is 426 g/mol. The van der Waals surface area contributed by atoms with Crippen molar-refractivity contribution in [3.8, 4) is 17.1 Å². The van der Waals surface area contributed by atoms with E-state index in [1.807, 2.05) is 22.9 Å². The SMILES string of the molecule is Cc1ccc(-n2c(-c3ccnc(N[C@H]4CC[C@H](C)CC4)n3)cn(C3CCOCC3)c2=O)cc1C. The quantitative estimate of drug-likeness (QED) is 0.575. The van der Waals surface area contributed by atoms with Gasteiger partial charge in [-0.3, -0.25) is 9.13 Å². The molecule has 1 saturated heterocycles. The van der Waals surface area contributed by atoms with Gasteiger partial charge in [-0.05, 0) is 87.6 Å². The van der Waals surface area contributed by atoms with Gasteiger partial charge < -0.3 is 10.1 Å². The molecule has 0 amide bonds. The summed E-state index contributed by atoms with van der Waals surface area (Å²) >= 11 is 0. The summed E-state index contributed by atoms with van der Waals surface area (Å²) in [6, 6.07) is 8.61. The van der Waals surface area contributed by atoms with E-state index in [1.54, 1.807) is 10.8 Å². The number of aryl methyl sites for hydroxylation is 2. The van der Waals surface area contributed by atoms with Crippen molar-refractivity contribution in [2.75, 3.05) is 18.5 Å². The van der Waals surface area contributed by atoms with Crippen LogP contribution < -0.4 is 11.0 Å². The van der Waals surface area contributed by atoms with Gasteiger partial charge in [0.1, 0.15) is 0 Å². The van der Waals surface area contributed by atoms with E-state index in [-0.39, 0.29) is 11.7 Å². The number of hydrogen-bond acceptors (Lipinski definition) is 5. The highest BCUT2D eigenvalue weighted by Crippen LogP contribution is 2.28. The highest BCUT2D eigenvalue weighted by molar-refractivity contribution is 5.59. The van der Waals surface area contributed by atoms with Gasteiger partial charge in [0, 0.05) is 37.7 Å². The molecule has 2 aromatic heterocycles. The maximum atomic E-state index is 13.7. The molecule has 7 heteroatoms. The number of imidazole rings is 1. The molecule has 0 atom stereocenters. The standard InChI is InChI=1S/C27H35N5O2/c1-18-4-7-21(8-5-18)29-26-28-13-10-24(30-26)25-17-31(22-11-14-34-15-12-22)27(33)32(25)23-9-6-19(2)20(3)16-23/h6,9-10,13,16-18,21-22H,4-5,7-8,11-12,14-15H2,1-3H3,(H,28,29,30)/t18-,21-. The first kappa shape index (κ1) is 22.8. The zero-order valence-corrected chi connectivity index (χ0v) is 20.5. The Morgan fingerprint density at radius 2 is 1.76 bits per heavy atom. The summed E-state index contributed by atoms with van der Waals surface area (Å²) in [6.45, 7) is 7.86. The summed E-state index contributed by atoms with van der Waals surface area (Å²) in [5.41, 5.74) is 4.75. The Kier molecular flexibility index (Phi) is 6.55. The minimum absolute atomic E-state index is 0.0282. The molecule has 34 heavy (non-hydrogen) atoms. The monoisotopic (exact) mass is 461 g/mol. The zero-order valence-electron chi connectivity index (χ0n) is 20.5. The minimum atomic E-state index is -0.0282. The van der Waals surface area contributed by atoms with Crippen LogP contribution in [0.4, 0.5) is 5.95 Å². The number of aromatic nitrogens is 4. The van der Waals surface area contributed by atoms with Crippen molar-refractivity contribution < 1.29 is 4.74 Å². The number of benzene rings is 1. The van der Waals surface area contributed by atoms with E-state index in [9.17, 15) is 4.79 Å². The maximum absolute atomic E-state index is 13.7. The first-order valence-corrected chi connectivity index (χ1v) is 12.6. The average molecular weight is 462 g/mol. The zero-order chi connectivity index (χ0) is 23.7. The van der Waals surface area contributed by atoms with E-state index >= 15 is 0 Å². The number of hydrogen-bond donors (Lipinski definition) is 1.